The summed E-state index contributed by atoms with van der Waals surface area (Å²) in [6, 6.07) is 5.73. The number of alkyl halides is 1. The summed E-state index contributed by atoms with van der Waals surface area (Å²) in [6.45, 7) is 6.21. The van der Waals surface area contributed by atoms with E-state index in [0.29, 0.717) is 42.9 Å². The quantitative estimate of drug-likeness (QED) is 0.520. The van der Waals surface area contributed by atoms with E-state index in [1.807, 2.05) is 25.4 Å². The lowest BCUT2D eigenvalue weighted by molar-refractivity contribution is -0.0987. The number of aliphatic hydroxyl groups is 1. The average Bonchev–Trinajstić information content (AvgIpc) is 2.99. The van der Waals surface area contributed by atoms with Crippen molar-refractivity contribution in [1.29, 1.82) is 0 Å². The molecule has 6 nitrogen and oxygen atoms in total. The van der Waals surface area contributed by atoms with Gasteiger partial charge >= 0.3 is 0 Å². The van der Waals surface area contributed by atoms with Crippen LogP contribution in [0.25, 0.3) is 0 Å². The van der Waals surface area contributed by atoms with E-state index in [9.17, 15) is 27.5 Å². The number of hydrogen-bond acceptors (Lipinski definition) is 5. The molecule has 2 aromatic rings. The molecule has 0 radical (unpaired) electrons. The lowest BCUT2D eigenvalue weighted by Gasteiger charge is -2.28. The average molecular weight is 470 g/mol. The minimum Gasteiger partial charge on any atom is -0.391 e. The fraction of sp³-hybridized carbons (Fsp3) is 0.348. The Morgan fingerprint density at radius 3 is 2.24 bits per heavy atom. The first-order valence-electron chi connectivity index (χ1n) is 9.94. The van der Waals surface area contributed by atoms with Crippen LogP contribution in [0.5, 0.6) is 0 Å². The molecule has 1 heterocycles. The van der Waals surface area contributed by atoms with Gasteiger partial charge in [0.05, 0.1) is 6.10 Å². The van der Waals surface area contributed by atoms with Crippen molar-refractivity contribution in [3.05, 3.63) is 58.9 Å². The highest BCUT2D eigenvalue weighted by molar-refractivity contribution is 6.05. The largest absolute Gasteiger partial charge is 0.391 e. The monoisotopic (exact) mass is 470 g/mol. The molecular weight excluding hydrogens is 444 g/mol. The zero-order chi connectivity index (χ0) is 25.1. The highest BCUT2D eigenvalue weighted by atomic mass is 19.2. The number of benzene rings is 2. The molecular formula is C23H26F4N2O4. The van der Waals surface area contributed by atoms with E-state index in [1.165, 1.54) is 18.2 Å². The van der Waals surface area contributed by atoms with Crippen molar-refractivity contribution >= 4 is 30.9 Å². The van der Waals surface area contributed by atoms with E-state index in [0.717, 1.165) is 6.42 Å². The summed E-state index contributed by atoms with van der Waals surface area (Å²) in [6.07, 6.45) is 0.921. The summed E-state index contributed by atoms with van der Waals surface area (Å²) < 4.78 is 53.4. The summed E-state index contributed by atoms with van der Waals surface area (Å²) in [7, 11) is 0. The van der Waals surface area contributed by atoms with Gasteiger partial charge < -0.3 is 24.9 Å². The highest BCUT2D eigenvalue weighted by Gasteiger charge is 2.23. The van der Waals surface area contributed by atoms with Gasteiger partial charge in [0.2, 0.25) is 0 Å². The molecule has 1 fully saturated rings. The van der Waals surface area contributed by atoms with E-state index in [2.05, 4.69) is 5.32 Å². The molecule has 2 unspecified atom stereocenters. The molecule has 33 heavy (non-hydrogen) atoms. The predicted octanol–water partition coefficient (Wildman–Crippen LogP) is 4.05. The SMILES string of the molecule is C=O.C=O.CC1CCC(O)CN(c2cc(C(=O)Nc3cc(F)c(F)c(F)c3)ccc2CF)C1. The normalized spacial score (nSPS) is 17.6. The Morgan fingerprint density at radius 1 is 1.06 bits per heavy atom. The molecule has 0 bridgehead atoms. The van der Waals surface area contributed by atoms with E-state index < -0.39 is 36.1 Å². The second-order valence-corrected chi connectivity index (χ2v) is 7.43. The zero-order valence-corrected chi connectivity index (χ0v) is 18.1. The second kappa shape index (κ2) is 13.3. The fourth-order valence-corrected chi connectivity index (χ4v) is 3.50. The van der Waals surface area contributed by atoms with Crippen molar-refractivity contribution in [3.8, 4) is 0 Å². The molecule has 10 heteroatoms. The Balaban J connectivity index is 0.00000129. The van der Waals surface area contributed by atoms with Crippen LogP contribution in [0, 0.1) is 23.4 Å². The van der Waals surface area contributed by atoms with Crippen LogP contribution in [0.2, 0.25) is 0 Å². The van der Waals surface area contributed by atoms with Crippen molar-refractivity contribution in [2.24, 2.45) is 5.92 Å². The Hall–Kier alpha value is -3.27. The summed E-state index contributed by atoms with van der Waals surface area (Å²) in [5, 5.41) is 12.5. The molecule has 1 aliphatic heterocycles. The van der Waals surface area contributed by atoms with Crippen LogP contribution < -0.4 is 10.2 Å². The first-order chi connectivity index (χ1) is 15.8. The molecule has 0 aliphatic carbocycles. The van der Waals surface area contributed by atoms with Crippen LogP contribution in [0.1, 0.15) is 35.7 Å². The highest BCUT2D eigenvalue weighted by Crippen LogP contribution is 2.28. The van der Waals surface area contributed by atoms with Crippen LogP contribution in [-0.2, 0) is 16.3 Å². The van der Waals surface area contributed by atoms with Crippen molar-refractivity contribution in [2.75, 3.05) is 23.3 Å². The Bertz CT molecular complexity index is 908. The Kier molecular flexibility index (Phi) is 11.2. The second-order valence-electron chi connectivity index (χ2n) is 7.43. The molecule has 2 N–H and O–H groups in total. The lowest BCUT2D eigenvalue weighted by atomic mass is 10.0. The third kappa shape index (κ3) is 7.38. The number of aliphatic hydroxyl groups excluding tert-OH is 1. The summed E-state index contributed by atoms with van der Waals surface area (Å²) in [5.41, 5.74) is 0.779. The fourth-order valence-electron chi connectivity index (χ4n) is 3.50. The van der Waals surface area contributed by atoms with Gasteiger partial charge in [-0.05, 0) is 30.9 Å². The van der Waals surface area contributed by atoms with Gasteiger partial charge in [-0.15, -0.1) is 0 Å². The number of β-amino-alcohol motifs (C(OH)–C–C–N with tert-alkyl or cyclic N) is 1. The lowest BCUT2D eigenvalue weighted by Crippen LogP contribution is -2.33. The smallest absolute Gasteiger partial charge is 0.255 e. The van der Waals surface area contributed by atoms with Crippen LogP contribution in [0.15, 0.2) is 30.3 Å². The van der Waals surface area contributed by atoms with Crippen LogP contribution >= 0.6 is 0 Å². The number of carbonyl (C=O) groups excluding carboxylic acids is 3. The number of halogens is 4. The first kappa shape index (κ1) is 27.8. The van der Waals surface area contributed by atoms with Crippen molar-refractivity contribution in [3.63, 3.8) is 0 Å². The molecule has 0 aromatic heterocycles. The molecule has 3 rings (SSSR count). The van der Waals surface area contributed by atoms with Gasteiger partial charge in [0, 0.05) is 47.7 Å². The molecule has 1 aliphatic rings. The van der Waals surface area contributed by atoms with Gasteiger partial charge in [-0.1, -0.05) is 13.0 Å². The third-order valence-electron chi connectivity index (χ3n) is 5.03. The van der Waals surface area contributed by atoms with Gasteiger partial charge in [0.25, 0.3) is 5.91 Å². The summed E-state index contributed by atoms with van der Waals surface area (Å²) in [5.74, 6) is -4.85. The summed E-state index contributed by atoms with van der Waals surface area (Å²) in [4.78, 5) is 30.4. The minimum absolute atomic E-state index is 0.147. The van der Waals surface area contributed by atoms with E-state index in [1.54, 1.807) is 0 Å². The topological polar surface area (TPSA) is 86.7 Å². The molecule has 180 valence electrons. The van der Waals surface area contributed by atoms with E-state index in [-0.39, 0.29) is 17.2 Å². The predicted molar refractivity (Wildman–Crippen MR) is 116 cm³/mol. The number of nitrogens with one attached hydrogen (secondary N) is 1. The maximum atomic E-state index is 13.5. The molecule has 0 spiro atoms. The minimum atomic E-state index is -1.62. The molecule has 2 atom stereocenters. The van der Waals surface area contributed by atoms with Gasteiger partial charge in [0.15, 0.2) is 17.5 Å². The molecule has 1 amide bonds. The number of anilines is 2. The number of nitrogens with zero attached hydrogens (tertiary/aromatic N) is 1. The van der Waals surface area contributed by atoms with E-state index in [4.69, 9.17) is 9.59 Å². The first-order valence-corrected chi connectivity index (χ1v) is 9.94. The number of amides is 1. The number of hydrogen-bond donors (Lipinski definition) is 2. The number of rotatable bonds is 4. The Morgan fingerprint density at radius 2 is 1.67 bits per heavy atom. The van der Waals surface area contributed by atoms with Crippen LogP contribution in [0.4, 0.5) is 28.9 Å². The van der Waals surface area contributed by atoms with Gasteiger partial charge in [-0.3, -0.25) is 4.79 Å². The maximum Gasteiger partial charge on any atom is 0.255 e. The summed E-state index contributed by atoms with van der Waals surface area (Å²) >= 11 is 0. The Labute approximate surface area is 189 Å². The van der Waals surface area contributed by atoms with Crippen LogP contribution in [0.3, 0.4) is 0 Å². The van der Waals surface area contributed by atoms with Gasteiger partial charge in [-0.25, -0.2) is 17.6 Å². The van der Waals surface area contributed by atoms with Gasteiger partial charge in [-0.2, -0.15) is 0 Å². The standard InChI is InChI=1S/C21H22F4N2O2.2CH2O/c1-12-2-5-16(28)11-27(10-12)19-6-13(3-4-14(19)9-22)21(29)26-15-7-17(23)20(25)18(24)8-15;2*1-2/h3-4,6-8,12,16,28H,2,5,9-11H2,1H3,(H,26,29);2*1H2. The molecule has 2 aromatic carbocycles. The van der Waals surface area contributed by atoms with Crippen LogP contribution in [-0.4, -0.2) is 43.8 Å². The van der Waals surface area contributed by atoms with Crippen molar-refractivity contribution < 1.29 is 37.1 Å². The molecule has 0 saturated carbocycles. The van der Waals surface area contributed by atoms with E-state index >= 15 is 0 Å². The number of carbonyl (C=O) groups is 3. The third-order valence-corrected chi connectivity index (χ3v) is 5.03. The zero-order valence-electron chi connectivity index (χ0n) is 18.1. The van der Waals surface area contributed by atoms with Crippen molar-refractivity contribution in [1.82, 2.24) is 0 Å². The molecule has 1 saturated heterocycles. The maximum absolute atomic E-state index is 13.5. The van der Waals surface area contributed by atoms with Crippen molar-refractivity contribution in [2.45, 2.75) is 32.5 Å². The van der Waals surface area contributed by atoms with Gasteiger partial charge in [0.1, 0.15) is 20.3 Å².